The number of piperidine rings is 3. The van der Waals surface area contributed by atoms with Crippen molar-refractivity contribution in [1.29, 1.82) is 0 Å². The summed E-state index contributed by atoms with van der Waals surface area (Å²) < 4.78 is 209. The van der Waals surface area contributed by atoms with E-state index < -0.39 is 77.4 Å². The van der Waals surface area contributed by atoms with Gasteiger partial charge in [-0.25, -0.2) is 25.3 Å². The zero-order valence-electron chi connectivity index (χ0n) is 58.0. The number of rotatable bonds is 20. The number of nitrogens with one attached hydrogen (secondary N) is 1. The smallest absolute Gasteiger partial charge is 1.00 e. The van der Waals surface area contributed by atoms with Crippen LogP contribution in [-0.2, 0) is 82.1 Å². The van der Waals surface area contributed by atoms with Gasteiger partial charge in [0.05, 0.1) is 62.1 Å². The van der Waals surface area contributed by atoms with E-state index in [0.717, 1.165) is 36.4 Å². The fraction of sp³-hybridized carbons (Fsp3) is 0.633. The number of halogens is 10. The van der Waals surface area contributed by atoms with Gasteiger partial charge < -0.3 is 26.4 Å². The van der Waals surface area contributed by atoms with Crippen molar-refractivity contribution in [2.75, 3.05) is 70.0 Å². The average molecular weight is 1620 g/mol. The van der Waals surface area contributed by atoms with Crippen LogP contribution in [0.4, 0.5) is 39.5 Å². The molecule has 3 aliphatic rings. The number of hydrogen-bond donors (Lipinski definition) is 1. The molecule has 0 aliphatic carbocycles. The molecule has 0 bridgehead atoms. The summed E-state index contributed by atoms with van der Waals surface area (Å²) in [4.78, 5) is 47.2. The fourth-order valence-electron chi connectivity index (χ4n) is 10.2. The maximum atomic E-state index is 13.2. The predicted octanol–water partition coefficient (Wildman–Crippen LogP) is 4.06. The first kappa shape index (κ1) is 97.3. The quantitative estimate of drug-likeness (QED) is 0.0245. The minimum absolute atomic E-state index is 0. The molecule has 0 unspecified atom stereocenters. The molecule has 1 N–H and O–H groups in total. The first-order valence-electron chi connectivity index (χ1n) is 30.4. The van der Waals surface area contributed by atoms with Crippen molar-refractivity contribution in [2.24, 2.45) is 0 Å². The Morgan fingerprint density at radius 1 is 0.583 bits per heavy atom. The number of benzene rings is 3. The van der Waals surface area contributed by atoms with Gasteiger partial charge in [0.15, 0.2) is 0 Å². The van der Waals surface area contributed by atoms with Crippen LogP contribution in [0.15, 0.2) is 87.5 Å². The predicted molar refractivity (Wildman–Crippen MR) is 346 cm³/mol. The zero-order chi connectivity index (χ0) is 72.2. The van der Waals surface area contributed by atoms with Crippen molar-refractivity contribution >= 4 is 91.0 Å². The summed E-state index contributed by atoms with van der Waals surface area (Å²) in [5, 5.41) is 11.6. The van der Waals surface area contributed by atoms with Gasteiger partial charge in [-0.3, -0.25) is 29.0 Å². The van der Waals surface area contributed by atoms with Crippen LogP contribution in [0.1, 0.15) is 119 Å². The van der Waals surface area contributed by atoms with E-state index in [-0.39, 0.29) is 188 Å². The van der Waals surface area contributed by atoms with Crippen LogP contribution in [0.5, 0.6) is 0 Å². The Kier molecular flexibility index (Phi) is 47.4. The molecule has 3 saturated heterocycles. The Morgan fingerprint density at radius 2 is 0.854 bits per heavy atom. The topological polar surface area (TPSA) is 250 Å². The summed E-state index contributed by atoms with van der Waals surface area (Å²) in [6.45, 7) is 20.0. The summed E-state index contributed by atoms with van der Waals surface area (Å²) in [5.74, 6) is 6.50. The number of nitrogens with zero attached hydrogens (tertiary/aromatic N) is 5. The fourth-order valence-corrected chi connectivity index (χ4v) is 16.2. The van der Waals surface area contributed by atoms with Crippen LogP contribution in [-0.4, -0.2) is 193 Å². The zero-order valence-corrected chi connectivity index (χ0v) is 69.0. The molecular weight excluding hydrogens is 1530 g/mol. The van der Waals surface area contributed by atoms with Crippen molar-refractivity contribution < 1.29 is 208 Å². The number of hydrogen-bond acceptors (Lipinski definition) is 17. The van der Waals surface area contributed by atoms with Crippen LogP contribution in [0.2, 0.25) is 17.4 Å². The van der Waals surface area contributed by atoms with Gasteiger partial charge in [-0.1, -0.05) is 40.8 Å². The summed E-state index contributed by atoms with van der Waals surface area (Å²) in [6, 6.07) is 9.65. The van der Waals surface area contributed by atoms with Gasteiger partial charge in [-0.05, 0) is 169 Å². The molecule has 3 heterocycles. The van der Waals surface area contributed by atoms with Crippen LogP contribution in [0.3, 0.4) is 0 Å². The first-order valence-corrected chi connectivity index (χ1v) is 39.7. The van der Waals surface area contributed by atoms with Crippen molar-refractivity contribution in [3.8, 4) is 0 Å². The van der Waals surface area contributed by atoms with E-state index in [2.05, 4.69) is 32.3 Å². The molecule has 3 fully saturated rings. The van der Waals surface area contributed by atoms with Gasteiger partial charge in [0, 0.05) is 62.4 Å². The second-order valence-electron chi connectivity index (χ2n) is 23.2. The third kappa shape index (κ3) is 34.2. The molecule has 0 spiro atoms. The molecule has 0 radical (unpaired) electrons. The number of esters is 2. The molecule has 0 aromatic heterocycles. The van der Waals surface area contributed by atoms with E-state index >= 15 is 0 Å². The number of alkyl halides is 10. The van der Waals surface area contributed by atoms with E-state index in [0.29, 0.717) is 120 Å². The number of carbonyl (C=O) groups excluding carboxylic acids is 4. The van der Waals surface area contributed by atoms with Gasteiger partial charge in [-0.15, -0.1) is 17.4 Å². The maximum absolute atomic E-state index is 13.2. The average Bonchev–Trinajstić information content (AvgIpc) is 0.794. The van der Waals surface area contributed by atoms with Gasteiger partial charge in [0.2, 0.25) is 30.1 Å². The second kappa shape index (κ2) is 46.8. The molecule has 96 heavy (non-hydrogen) atoms. The molecule has 538 valence electrons. The number of likely N-dealkylation sites (tertiary alicyclic amines) is 2. The monoisotopic (exact) mass is 1620 g/mol. The van der Waals surface area contributed by atoms with Crippen molar-refractivity contribution in [2.45, 2.75) is 188 Å². The molecule has 6 rings (SSSR count). The SMILES string of the molecule is CC(=O)CN1CCC(N(C(C)C)S(=O)(=O)c2cccc(C(F)(F)F)c2)CC1.CC(C)N(C1CCNCC1)S(=O)(=O)c1cccc(C(F)(F)F)c1.CCOC(=O)CI.CCOC(=O)CN1CCC(N(C(C)C)S(=O)(=O)c2cccc(C(F)(F)F)c2)CC1.O=CO[O-].[CH3][Al]([CH3])[CH3].[H-].[K+].[K+]. The summed E-state index contributed by atoms with van der Waals surface area (Å²) >= 11 is 1.82. The van der Waals surface area contributed by atoms with Crippen molar-refractivity contribution in [1.82, 2.24) is 28.0 Å². The Hall–Kier alpha value is -0.785. The molecule has 20 nitrogen and oxygen atoms in total. The van der Waals surface area contributed by atoms with Gasteiger partial charge in [-0.2, -0.15) is 52.4 Å². The molecular formula is C60H91AlF9IK2N6O14S3. The molecule has 3 aromatic carbocycles. The Balaban J connectivity index is -0.00000122. The van der Waals surface area contributed by atoms with E-state index in [9.17, 15) is 79.2 Å². The summed E-state index contributed by atoms with van der Waals surface area (Å²) in [5.41, 5.74) is -2.93. The molecule has 0 amide bonds. The Bertz CT molecular complexity index is 3150. The van der Waals surface area contributed by atoms with Crippen molar-refractivity contribution in [3.05, 3.63) is 89.5 Å². The second-order valence-corrected chi connectivity index (χ2v) is 33.0. The molecule has 0 saturated carbocycles. The molecule has 3 aliphatic heterocycles. The van der Waals surface area contributed by atoms with Crippen LogP contribution < -0.4 is 113 Å². The Morgan fingerprint density at radius 3 is 1.08 bits per heavy atom. The van der Waals surface area contributed by atoms with Crippen LogP contribution in [0, 0.1) is 0 Å². The number of ether oxygens (including phenoxy) is 2. The maximum Gasteiger partial charge on any atom is 1.00 e. The number of ketones is 1. The summed E-state index contributed by atoms with van der Waals surface area (Å²) in [7, 11) is -12.2. The van der Waals surface area contributed by atoms with E-state index in [1.54, 1.807) is 55.4 Å². The minimum Gasteiger partial charge on any atom is -1.00 e. The standard InChI is InChI=1S/C19H27F3N2O4S.C18H25F3N2O3S.C15H21F3N2O2S.C4H7IO2.CH2O3.3CH3.Al.2K.H/c1-4-28-18(25)13-23-10-8-16(9-11-23)24(14(2)3)29(26,27)17-7-5-6-15(12-17)19(20,21)22;1-13(2)23(16-7-9-22(10-8-16)12-14(3)24)27(25,26)17-6-4-5-15(11-17)18(19,20)21;1-11(2)20(13-6-8-19-9-7-13)23(21,22)14-5-3-4-12(10-14)15(16,17)18;1-2-7-4(6)3-5;2-1-4-3;;;;;;;/h5-7,12,14,16H,4,8-11,13H2,1-3H3;4-6,11,13,16H,7-10,12H2,1-3H3;3-5,10-11,13,19H,6-9H2,1-2H3;2-3H2,1H3;1,3H;3*1H3;;;;/q;;;;;;;;;2*+1;-1/p-1. The van der Waals surface area contributed by atoms with E-state index in [1.165, 1.54) is 38.0 Å². The normalized spacial score (nSPS) is 15.5. The van der Waals surface area contributed by atoms with Gasteiger partial charge >= 0.3 is 133 Å². The first-order chi connectivity index (χ1) is 43.5. The molecule has 36 heteroatoms. The van der Waals surface area contributed by atoms with E-state index in [4.69, 9.17) is 14.8 Å². The van der Waals surface area contributed by atoms with Crippen LogP contribution in [0.25, 0.3) is 0 Å². The third-order valence-electron chi connectivity index (χ3n) is 13.8. The third-order valence-corrected chi connectivity index (χ3v) is 20.8. The van der Waals surface area contributed by atoms with Gasteiger partial charge in [0.25, 0.3) is 20.6 Å². The van der Waals surface area contributed by atoms with Crippen LogP contribution >= 0.6 is 22.6 Å². The molecule has 3 aromatic rings. The molecule has 0 atom stereocenters. The number of Topliss-reactive ketones (excluding diaryl/α,β-unsaturated/α-hetero) is 1. The van der Waals surface area contributed by atoms with E-state index in [1.807, 2.05) is 32.4 Å². The van der Waals surface area contributed by atoms with Gasteiger partial charge in [0.1, 0.15) is 5.78 Å². The minimum atomic E-state index is -4.62. The largest absolute Gasteiger partial charge is 1.00 e. The summed E-state index contributed by atoms with van der Waals surface area (Å²) in [6.07, 6.45) is -10.5. The Labute approximate surface area is 665 Å². The number of carbonyl (C=O) groups is 4. The number of sulfonamides is 3. The van der Waals surface area contributed by atoms with Crippen molar-refractivity contribution in [3.63, 3.8) is 0 Å².